The van der Waals surface area contributed by atoms with Gasteiger partial charge < -0.3 is 5.11 Å². The topological polar surface area (TPSA) is 49.7 Å². The van der Waals surface area contributed by atoms with Crippen molar-refractivity contribution >= 4 is 11.5 Å². The monoisotopic (exact) mass is 209 g/mol. The predicted octanol–water partition coefficient (Wildman–Crippen LogP) is 1.30. The van der Waals surface area contributed by atoms with E-state index in [4.69, 9.17) is 5.11 Å². The molecule has 0 saturated heterocycles. The Morgan fingerprint density at radius 1 is 1.60 bits per heavy atom. The lowest BCUT2D eigenvalue weighted by Crippen LogP contribution is -2.24. The molecule has 0 heterocycles. The Labute approximate surface area is 90.6 Å². The fraction of sp³-hybridized carbons (Fsp3) is 0.833. The van der Waals surface area contributed by atoms with E-state index in [9.17, 15) is 4.79 Å². The molecule has 2 saturated carbocycles. The highest BCUT2D eigenvalue weighted by atomic mass is 16.3. The zero-order chi connectivity index (χ0) is 11.2. The van der Waals surface area contributed by atoms with E-state index in [-0.39, 0.29) is 12.5 Å². The second-order valence-electron chi connectivity index (χ2n) is 5.35. The first-order chi connectivity index (χ1) is 7.00. The van der Waals surface area contributed by atoms with Gasteiger partial charge in [0, 0.05) is 12.1 Å². The summed E-state index contributed by atoms with van der Waals surface area (Å²) < 4.78 is 0. The molecule has 0 aliphatic heterocycles. The van der Waals surface area contributed by atoms with Gasteiger partial charge in [-0.15, -0.1) is 0 Å². The van der Waals surface area contributed by atoms with Crippen LogP contribution in [0.3, 0.4) is 0 Å². The maximum Gasteiger partial charge on any atom is 0.142 e. The summed E-state index contributed by atoms with van der Waals surface area (Å²) in [5.74, 6) is 1.47. The molecule has 15 heavy (non-hydrogen) atoms. The van der Waals surface area contributed by atoms with Crippen LogP contribution in [0.4, 0.5) is 0 Å². The van der Waals surface area contributed by atoms with Gasteiger partial charge in [0.05, 0.1) is 19.1 Å². The quantitative estimate of drug-likeness (QED) is 0.712. The Balaban J connectivity index is 2.12. The number of carbonyl (C=O) groups is 1. The van der Waals surface area contributed by atoms with E-state index in [1.54, 1.807) is 0 Å². The number of aliphatic hydroxyl groups is 1. The van der Waals surface area contributed by atoms with Crippen LogP contribution < -0.4 is 0 Å². The number of hydrogen-bond acceptors (Lipinski definition) is 3. The van der Waals surface area contributed by atoms with Crippen molar-refractivity contribution in [1.82, 2.24) is 0 Å². The average molecular weight is 209 g/mol. The van der Waals surface area contributed by atoms with Gasteiger partial charge in [-0.05, 0) is 24.2 Å². The maximum atomic E-state index is 11.8. The molecule has 0 bridgehead atoms. The molecule has 0 aromatic heterocycles. The van der Waals surface area contributed by atoms with E-state index >= 15 is 0 Å². The maximum absolute atomic E-state index is 11.8. The molecule has 0 aromatic carbocycles. The van der Waals surface area contributed by atoms with Gasteiger partial charge in [0.15, 0.2) is 0 Å². The van der Waals surface area contributed by atoms with Crippen molar-refractivity contribution in [2.45, 2.75) is 27.2 Å². The van der Waals surface area contributed by atoms with E-state index in [2.05, 4.69) is 18.8 Å². The zero-order valence-corrected chi connectivity index (χ0v) is 9.66. The Bertz CT molecular complexity index is 320. The van der Waals surface area contributed by atoms with Crippen molar-refractivity contribution in [1.29, 1.82) is 0 Å². The summed E-state index contributed by atoms with van der Waals surface area (Å²) in [5, 5.41) is 8.71. The Kier molecular flexibility index (Phi) is 2.45. The molecule has 0 radical (unpaired) electrons. The van der Waals surface area contributed by atoms with Gasteiger partial charge in [-0.2, -0.15) is 0 Å². The lowest BCUT2D eigenvalue weighted by molar-refractivity contribution is -0.120. The number of carbonyl (C=O) groups excluding carboxylic acids is 1. The zero-order valence-electron chi connectivity index (χ0n) is 9.66. The normalized spacial score (nSPS) is 38.0. The molecule has 2 rings (SSSR count). The third-order valence-electron chi connectivity index (χ3n) is 4.18. The third kappa shape index (κ3) is 1.53. The third-order valence-corrected chi connectivity index (χ3v) is 4.18. The number of rotatable bonds is 3. The van der Waals surface area contributed by atoms with E-state index in [0.717, 1.165) is 12.1 Å². The fourth-order valence-corrected chi connectivity index (χ4v) is 3.20. The summed E-state index contributed by atoms with van der Waals surface area (Å²) in [7, 11) is 0. The van der Waals surface area contributed by atoms with Crippen LogP contribution in [0.15, 0.2) is 4.99 Å². The molecule has 3 heteroatoms. The minimum absolute atomic E-state index is 0.0385. The second kappa shape index (κ2) is 3.41. The van der Waals surface area contributed by atoms with Gasteiger partial charge in [0.2, 0.25) is 0 Å². The lowest BCUT2D eigenvalue weighted by Gasteiger charge is -2.16. The van der Waals surface area contributed by atoms with Crippen LogP contribution in [-0.2, 0) is 4.79 Å². The summed E-state index contributed by atoms with van der Waals surface area (Å²) in [6.07, 6.45) is 0.730. The van der Waals surface area contributed by atoms with Gasteiger partial charge in [-0.3, -0.25) is 9.79 Å². The molecular formula is C12H19NO2. The summed E-state index contributed by atoms with van der Waals surface area (Å²) in [4.78, 5) is 16.0. The molecule has 3 nitrogen and oxygen atoms in total. The number of fused-ring (bicyclic) bond motifs is 1. The molecule has 0 aromatic rings. The van der Waals surface area contributed by atoms with Crippen molar-refractivity contribution in [2.75, 3.05) is 13.2 Å². The van der Waals surface area contributed by atoms with Crippen LogP contribution >= 0.6 is 0 Å². The predicted molar refractivity (Wildman–Crippen MR) is 58.9 cm³/mol. The van der Waals surface area contributed by atoms with Crippen LogP contribution in [0.2, 0.25) is 0 Å². The molecular weight excluding hydrogens is 190 g/mol. The highest BCUT2D eigenvalue weighted by Gasteiger charge is 2.67. The molecule has 0 amide bonds. The first-order valence-corrected chi connectivity index (χ1v) is 5.64. The number of hydrogen-bond donors (Lipinski definition) is 1. The first kappa shape index (κ1) is 10.8. The summed E-state index contributed by atoms with van der Waals surface area (Å²) >= 11 is 0. The summed E-state index contributed by atoms with van der Waals surface area (Å²) in [6.45, 7) is 6.89. The Morgan fingerprint density at radius 3 is 2.80 bits per heavy atom. The standard InChI is InChI=1S/C12H19NO2/c1-7(13-4-5-14)10-9(15)6-8-11(10)12(8,2)3/h8,10-11,14H,4-6H2,1-3H3/t8-,10?,11-/m1/s1. The van der Waals surface area contributed by atoms with Crippen LogP contribution in [0.25, 0.3) is 0 Å². The second-order valence-corrected chi connectivity index (χ2v) is 5.35. The fourth-order valence-electron chi connectivity index (χ4n) is 3.20. The molecule has 1 N–H and O–H groups in total. The molecule has 1 unspecified atom stereocenters. The minimum Gasteiger partial charge on any atom is -0.394 e. The van der Waals surface area contributed by atoms with E-state index in [1.165, 1.54) is 0 Å². The smallest absolute Gasteiger partial charge is 0.142 e. The summed E-state index contributed by atoms with van der Waals surface area (Å²) in [6, 6.07) is 0. The van der Waals surface area contributed by atoms with E-state index in [0.29, 0.717) is 29.6 Å². The lowest BCUT2D eigenvalue weighted by atomic mass is 9.89. The number of aliphatic imine (C=N–C) groups is 1. The molecule has 0 spiro atoms. The minimum atomic E-state index is 0.0385. The SMILES string of the molecule is CC(=NCCO)C1C(=O)C[C@@H]2[C@H]1C2(C)C. The number of nitrogens with zero attached hydrogens (tertiary/aromatic N) is 1. The highest BCUT2D eigenvalue weighted by Crippen LogP contribution is 2.68. The molecule has 2 aliphatic rings. The molecule has 3 atom stereocenters. The Morgan fingerprint density at radius 2 is 2.27 bits per heavy atom. The van der Waals surface area contributed by atoms with Gasteiger partial charge in [-0.1, -0.05) is 13.8 Å². The highest BCUT2D eigenvalue weighted by molar-refractivity contribution is 6.07. The van der Waals surface area contributed by atoms with Crippen LogP contribution in [0, 0.1) is 23.2 Å². The van der Waals surface area contributed by atoms with Gasteiger partial charge >= 0.3 is 0 Å². The average Bonchev–Trinajstić information content (AvgIpc) is 2.59. The van der Waals surface area contributed by atoms with E-state index in [1.807, 2.05) is 6.92 Å². The molecule has 2 aliphatic carbocycles. The van der Waals surface area contributed by atoms with Gasteiger partial charge in [0.1, 0.15) is 5.78 Å². The first-order valence-electron chi connectivity index (χ1n) is 5.64. The molecule has 84 valence electrons. The van der Waals surface area contributed by atoms with Crippen molar-refractivity contribution < 1.29 is 9.90 Å². The Hall–Kier alpha value is -0.700. The van der Waals surface area contributed by atoms with Crippen molar-refractivity contribution in [3.63, 3.8) is 0 Å². The van der Waals surface area contributed by atoms with Crippen LogP contribution in [0.5, 0.6) is 0 Å². The van der Waals surface area contributed by atoms with Gasteiger partial charge in [0.25, 0.3) is 0 Å². The number of aliphatic hydroxyl groups excluding tert-OH is 1. The number of ketones is 1. The van der Waals surface area contributed by atoms with Crippen molar-refractivity contribution in [3.8, 4) is 0 Å². The van der Waals surface area contributed by atoms with Crippen molar-refractivity contribution in [2.24, 2.45) is 28.2 Å². The summed E-state index contributed by atoms with van der Waals surface area (Å²) in [5.41, 5.74) is 1.25. The molecule has 2 fully saturated rings. The van der Waals surface area contributed by atoms with Gasteiger partial charge in [-0.25, -0.2) is 0 Å². The van der Waals surface area contributed by atoms with E-state index < -0.39 is 0 Å². The van der Waals surface area contributed by atoms with Crippen LogP contribution in [0.1, 0.15) is 27.2 Å². The van der Waals surface area contributed by atoms with Crippen LogP contribution in [-0.4, -0.2) is 29.8 Å². The number of Topliss-reactive ketones (excluding diaryl/α,β-unsaturated/α-hetero) is 1. The largest absolute Gasteiger partial charge is 0.394 e. The van der Waals surface area contributed by atoms with Crippen molar-refractivity contribution in [3.05, 3.63) is 0 Å².